The van der Waals surface area contributed by atoms with Crippen LogP contribution in [0.1, 0.15) is 30.9 Å². The Hall–Kier alpha value is -1.71. The van der Waals surface area contributed by atoms with E-state index in [1.54, 1.807) is 0 Å². The Labute approximate surface area is 157 Å². The van der Waals surface area contributed by atoms with Crippen molar-refractivity contribution in [2.75, 3.05) is 26.0 Å². The maximum Gasteiger partial charge on any atom is 0.232 e. The lowest BCUT2D eigenvalue weighted by atomic mass is 9.93. The van der Waals surface area contributed by atoms with Crippen LogP contribution in [0.5, 0.6) is 0 Å². The van der Waals surface area contributed by atoms with Gasteiger partial charge in [-0.25, -0.2) is 17.2 Å². The molecule has 27 heavy (non-hydrogen) atoms. The minimum atomic E-state index is -3.26. The van der Waals surface area contributed by atoms with E-state index < -0.39 is 33.8 Å². The van der Waals surface area contributed by atoms with Crippen molar-refractivity contribution in [3.63, 3.8) is 0 Å². The molecule has 0 amide bonds. The Bertz CT molecular complexity index is 890. The number of hydrogen-bond donors (Lipinski definition) is 1. The lowest BCUT2D eigenvalue weighted by Crippen LogP contribution is -2.48. The van der Waals surface area contributed by atoms with Crippen molar-refractivity contribution in [2.24, 2.45) is 5.73 Å². The molecule has 3 heterocycles. The van der Waals surface area contributed by atoms with Gasteiger partial charge in [-0.05, 0) is 24.6 Å². The summed E-state index contributed by atoms with van der Waals surface area (Å²) in [6.45, 7) is 1.52. The van der Waals surface area contributed by atoms with Gasteiger partial charge in [0.25, 0.3) is 0 Å². The van der Waals surface area contributed by atoms with Gasteiger partial charge in [-0.1, -0.05) is 0 Å². The maximum atomic E-state index is 14.1. The van der Waals surface area contributed by atoms with Gasteiger partial charge in [-0.15, -0.1) is 0 Å². The number of ether oxygens (including phenoxy) is 1. The van der Waals surface area contributed by atoms with Crippen molar-refractivity contribution in [1.29, 1.82) is 0 Å². The zero-order valence-corrected chi connectivity index (χ0v) is 15.9. The van der Waals surface area contributed by atoms with Crippen LogP contribution >= 0.6 is 0 Å². The van der Waals surface area contributed by atoms with E-state index in [0.29, 0.717) is 32.4 Å². The Balaban J connectivity index is 1.50. The number of benzene rings is 1. The van der Waals surface area contributed by atoms with Crippen molar-refractivity contribution < 1.29 is 21.9 Å². The van der Waals surface area contributed by atoms with Crippen LogP contribution in [0.2, 0.25) is 0 Å². The molecule has 0 aromatic heterocycles. The third-order valence-electron chi connectivity index (χ3n) is 5.63. The first kappa shape index (κ1) is 18.6. The van der Waals surface area contributed by atoms with Crippen LogP contribution in [-0.2, 0) is 14.8 Å². The Morgan fingerprint density at radius 1 is 1.19 bits per heavy atom. The molecular weight excluding hydrogens is 376 g/mol. The molecule has 1 fully saturated rings. The summed E-state index contributed by atoms with van der Waals surface area (Å²) < 4.78 is 58.8. The smallest absolute Gasteiger partial charge is 0.232 e. The first-order valence-electron chi connectivity index (χ1n) is 9.04. The van der Waals surface area contributed by atoms with Crippen molar-refractivity contribution in [3.05, 3.63) is 46.8 Å². The summed E-state index contributed by atoms with van der Waals surface area (Å²) in [6.07, 6.45) is 2.45. The second-order valence-corrected chi connectivity index (χ2v) is 9.30. The van der Waals surface area contributed by atoms with E-state index in [9.17, 15) is 17.2 Å². The van der Waals surface area contributed by atoms with Gasteiger partial charge >= 0.3 is 0 Å². The average molecular weight is 399 g/mol. The van der Waals surface area contributed by atoms with Gasteiger partial charge < -0.3 is 15.4 Å². The van der Waals surface area contributed by atoms with Crippen molar-refractivity contribution in [3.8, 4) is 0 Å². The minimum absolute atomic E-state index is 0.000111. The lowest BCUT2D eigenvalue weighted by Gasteiger charge is -2.40. The Kier molecular flexibility index (Phi) is 4.64. The minimum Gasteiger partial charge on any atom is -0.370 e. The number of rotatable bonds is 3. The van der Waals surface area contributed by atoms with Gasteiger partial charge in [0.15, 0.2) is 0 Å². The van der Waals surface area contributed by atoms with Crippen molar-refractivity contribution in [1.82, 2.24) is 9.21 Å². The van der Waals surface area contributed by atoms with Gasteiger partial charge in [0, 0.05) is 48.9 Å². The highest BCUT2D eigenvalue weighted by molar-refractivity contribution is 7.88. The Morgan fingerprint density at radius 2 is 1.93 bits per heavy atom. The molecule has 1 aromatic carbocycles. The molecule has 0 bridgehead atoms. The summed E-state index contributed by atoms with van der Waals surface area (Å²) in [7, 11) is -3.26. The number of halogens is 2. The fourth-order valence-electron chi connectivity index (χ4n) is 4.45. The first-order chi connectivity index (χ1) is 12.8. The van der Waals surface area contributed by atoms with Gasteiger partial charge in [-0.2, -0.15) is 0 Å². The average Bonchev–Trinajstić information content (AvgIpc) is 3.18. The summed E-state index contributed by atoms with van der Waals surface area (Å²) in [5.74, 6) is -1.05. The van der Waals surface area contributed by atoms with Crippen LogP contribution in [0.25, 0.3) is 0 Å². The molecular formula is C18H23F2N3O3S. The second-order valence-electron chi connectivity index (χ2n) is 7.40. The topological polar surface area (TPSA) is 75.9 Å². The predicted molar refractivity (Wildman–Crippen MR) is 95.9 cm³/mol. The summed E-state index contributed by atoms with van der Waals surface area (Å²) in [4.78, 5) is 2.18. The van der Waals surface area contributed by atoms with E-state index in [1.807, 2.05) is 0 Å². The quantitative estimate of drug-likeness (QED) is 0.837. The van der Waals surface area contributed by atoms with E-state index in [1.165, 1.54) is 10.6 Å². The van der Waals surface area contributed by atoms with Crippen LogP contribution in [0.15, 0.2) is 29.6 Å². The van der Waals surface area contributed by atoms with Gasteiger partial charge in [0.2, 0.25) is 10.0 Å². The summed E-state index contributed by atoms with van der Waals surface area (Å²) in [5.41, 5.74) is 8.31. The van der Waals surface area contributed by atoms with Crippen molar-refractivity contribution in [2.45, 2.75) is 37.5 Å². The molecule has 0 aliphatic carbocycles. The van der Waals surface area contributed by atoms with Crippen LogP contribution in [0.4, 0.5) is 8.78 Å². The zero-order valence-electron chi connectivity index (χ0n) is 15.1. The molecule has 3 aliphatic heterocycles. The normalized spacial score (nSPS) is 28.8. The molecule has 0 spiro atoms. The van der Waals surface area contributed by atoms with E-state index in [-0.39, 0.29) is 11.6 Å². The lowest BCUT2D eigenvalue weighted by molar-refractivity contribution is -0.0432. The molecule has 0 radical (unpaired) electrons. The number of hydrogen-bond acceptors (Lipinski definition) is 5. The molecule has 9 heteroatoms. The standard InChI is InChI=1S/C18H23F2N3O3S/c1-27(24,25)23-7-5-16-17(23)4-6-22(16)12-9-15(21)18(26-10-12)13-8-11(19)2-3-14(13)20/h2-3,8,12,15,18H,4-7,9-10,21H2,1H3. The first-order valence-corrected chi connectivity index (χ1v) is 10.9. The molecule has 3 unspecified atom stereocenters. The molecule has 3 atom stereocenters. The van der Waals surface area contributed by atoms with Gasteiger partial charge in [0.1, 0.15) is 17.7 Å². The molecule has 148 valence electrons. The highest BCUT2D eigenvalue weighted by Crippen LogP contribution is 2.40. The van der Waals surface area contributed by atoms with Crippen LogP contribution < -0.4 is 5.73 Å². The number of nitrogens with zero attached hydrogens (tertiary/aromatic N) is 2. The molecule has 2 N–H and O–H groups in total. The maximum absolute atomic E-state index is 14.1. The van der Waals surface area contributed by atoms with Gasteiger partial charge in [-0.3, -0.25) is 4.31 Å². The van der Waals surface area contributed by atoms with E-state index in [2.05, 4.69) is 4.90 Å². The third kappa shape index (κ3) is 3.32. The number of nitrogens with two attached hydrogens (primary N) is 1. The van der Waals surface area contributed by atoms with E-state index in [4.69, 9.17) is 10.5 Å². The highest BCUT2D eigenvalue weighted by Gasteiger charge is 2.41. The number of sulfonamides is 1. The molecule has 3 aliphatic rings. The molecule has 0 saturated carbocycles. The van der Waals surface area contributed by atoms with E-state index in [0.717, 1.165) is 36.1 Å². The molecule has 1 aromatic rings. The monoisotopic (exact) mass is 399 g/mol. The van der Waals surface area contributed by atoms with E-state index >= 15 is 0 Å². The van der Waals surface area contributed by atoms with Crippen LogP contribution in [0.3, 0.4) is 0 Å². The van der Waals surface area contributed by atoms with Crippen molar-refractivity contribution >= 4 is 10.0 Å². The predicted octanol–water partition coefficient (Wildman–Crippen LogP) is 1.70. The summed E-state index contributed by atoms with van der Waals surface area (Å²) in [6, 6.07) is 2.82. The fourth-order valence-corrected chi connectivity index (χ4v) is 5.47. The molecule has 4 rings (SSSR count). The van der Waals surface area contributed by atoms with Crippen LogP contribution in [0, 0.1) is 11.6 Å². The van der Waals surface area contributed by atoms with Gasteiger partial charge in [0.05, 0.1) is 18.9 Å². The fraction of sp³-hybridized carbons (Fsp3) is 0.556. The summed E-state index contributed by atoms with van der Waals surface area (Å²) >= 11 is 0. The second kappa shape index (κ2) is 6.72. The largest absolute Gasteiger partial charge is 0.370 e. The van der Waals surface area contributed by atoms with Crippen LogP contribution in [-0.4, -0.2) is 55.7 Å². The SMILES string of the molecule is CS(=O)(=O)N1CCC2=C1CCN2C1COC(c2cc(F)ccc2F)C(N)C1. The molecule has 6 nitrogen and oxygen atoms in total. The zero-order chi connectivity index (χ0) is 19.3. The molecule has 1 saturated heterocycles. The third-order valence-corrected chi connectivity index (χ3v) is 6.83. The Morgan fingerprint density at radius 3 is 2.63 bits per heavy atom. The highest BCUT2D eigenvalue weighted by atomic mass is 32.2. The summed E-state index contributed by atoms with van der Waals surface area (Å²) in [5, 5.41) is 0.